The van der Waals surface area contributed by atoms with Crippen LogP contribution in [0.1, 0.15) is 34.2 Å². The van der Waals surface area contributed by atoms with E-state index in [9.17, 15) is 0 Å². The minimum atomic E-state index is -0.326. The van der Waals surface area contributed by atoms with Crippen molar-refractivity contribution in [2.75, 3.05) is 0 Å². The summed E-state index contributed by atoms with van der Waals surface area (Å²) in [6.07, 6.45) is 3.74. The van der Waals surface area contributed by atoms with Gasteiger partial charge in [0.15, 0.2) is 5.84 Å². The Balaban J connectivity index is 1.30. The SMILES string of the molecule is C1=Cc2c(oc3cccc(C4=NC(c5cc6ccccc6c6ccccc56)=NC(c5ccc6ccccc6c5)N4)c23)CN1. The molecule has 0 bridgehead atoms. The summed E-state index contributed by atoms with van der Waals surface area (Å²) < 4.78 is 6.27. The Morgan fingerprint density at radius 2 is 1.47 bits per heavy atom. The monoisotopic (exact) mass is 554 g/mol. The van der Waals surface area contributed by atoms with Crippen LogP contribution in [0.25, 0.3) is 49.4 Å². The van der Waals surface area contributed by atoms with Crippen molar-refractivity contribution in [3.63, 3.8) is 0 Å². The molecular weight excluding hydrogens is 528 g/mol. The standard InChI is InChI=1S/C38H26N4O/c1-2-9-24-20-26(17-16-23(24)8-1)36-40-37(31-14-7-15-33-35(31)30-18-19-39-22-34(30)43-33)42-38(41-36)32-21-25-10-3-4-11-27(25)28-12-5-6-13-29(28)32/h1-21,36,39H,22H2,(H,40,41,42). The number of fused-ring (bicyclic) bond motifs is 7. The highest BCUT2D eigenvalue weighted by Crippen LogP contribution is 2.35. The first kappa shape index (κ1) is 24.0. The van der Waals surface area contributed by atoms with Gasteiger partial charge in [-0.2, -0.15) is 0 Å². The minimum Gasteiger partial charge on any atom is -0.459 e. The number of aliphatic imine (C=N–C) groups is 2. The van der Waals surface area contributed by atoms with Crippen molar-refractivity contribution in [1.82, 2.24) is 10.6 Å². The van der Waals surface area contributed by atoms with E-state index in [1.807, 2.05) is 18.3 Å². The zero-order valence-corrected chi connectivity index (χ0v) is 23.2. The Bertz CT molecular complexity index is 2340. The van der Waals surface area contributed by atoms with Gasteiger partial charge in [-0.15, -0.1) is 0 Å². The molecule has 0 radical (unpaired) electrons. The van der Waals surface area contributed by atoms with E-state index in [1.165, 1.54) is 26.9 Å². The molecule has 0 spiro atoms. The second kappa shape index (κ2) is 9.43. The van der Waals surface area contributed by atoms with Crippen LogP contribution in [0.15, 0.2) is 136 Å². The average molecular weight is 555 g/mol. The Labute approximate surface area is 247 Å². The molecule has 0 saturated carbocycles. The third kappa shape index (κ3) is 3.86. The molecule has 0 fully saturated rings. The van der Waals surface area contributed by atoms with Crippen LogP contribution in [0, 0.1) is 0 Å². The normalized spacial score (nSPS) is 16.1. The molecule has 0 aliphatic carbocycles. The molecule has 5 heteroatoms. The fourth-order valence-electron chi connectivity index (χ4n) is 6.51. The van der Waals surface area contributed by atoms with E-state index >= 15 is 0 Å². The Hall–Kier alpha value is -5.68. The lowest BCUT2D eigenvalue weighted by atomic mass is 9.96. The Morgan fingerprint density at radius 1 is 0.674 bits per heavy atom. The molecular formula is C38H26N4O. The van der Waals surface area contributed by atoms with E-state index in [0.717, 1.165) is 50.2 Å². The number of nitrogens with one attached hydrogen (secondary N) is 2. The van der Waals surface area contributed by atoms with Crippen LogP contribution in [-0.2, 0) is 6.54 Å². The van der Waals surface area contributed by atoms with Crippen molar-refractivity contribution in [3.8, 4) is 0 Å². The third-order valence-corrected chi connectivity index (χ3v) is 8.56. The van der Waals surface area contributed by atoms with Gasteiger partial charge >= 0.3 is 0 Å². The topological polar surface area (TPSA) is 61.9 Å². The molecule has 2 N–H and O–H groups in total. The molecule has 0 saturated heterocycles. The lowest BCUT2D eigenvalue weighted by molar-refractivity contribution is 0.532. The van der Waals surface area contributed by atoms with Gasteiger partial charge in [0.2, 0.25) is 0 Å². The summed E-state index contributed by atoms with van der Waals surface area (Å²) in [5, 5.41) is 15.1. The fraction of sp³-hybridized carbons (Fsp3) is 0.0526. The van der Waals surface area contributed by atoms with Crippen molar-refractivity contribution >= 4 is 61.0 Å². The minimum absolute atomic E-state index is 0.326. The summed E-state index contributed by atoms with van der Waals surface area (Å²) in [7, 11) is 0. The second-order valence-electron chi connectivity index (χ2n) is 11.1. The largest absolute Gasteiger partial charge is 0.459 e. The summed E-state index contributed by atoms with van der Waals surface area (Å²) in [5.41, 5.74) is 5.04. The van der Waals surface area contributed by atoms with Crippen LogP contribution in [-0.4, -0.2) is 11.7 Å². The maximum absolute atomic E-state index is 6.27. The third-order valence-electron chi connectivity index (χ3n) is 8.56. The van der Waals surface area contributed by atoms with Gasteiger partial charge in [0.1, 0.15) is 23.3 Å². The van der Waals surface area contributed by atoms with Gasteiger partial charge in [0.25, 0.3) is 0 Å². The molecule has 3 heterocycles. The average Bonchev–Trinajstić information content (AvgIpc) is 3.46. The molecule has 43 heavy (non-hydrogen) atoms. The Kier molecular flexibility index (Phi) is 5.26. The van der Waals surface area contributed by atoms with Crippen molar-refractivity contribution in [2.45, 2.75) is 12.7 Å². The van der Waals surface area contributed by atoms with Crippen LogP contribution in [0.4, 0.5) is 0 Å². The maximum Gasteiger partial charge on any atom is 0.160 e. The molecule has 2 aliphatic rings. The van der Waals surface area contributed by atoms with E-state index in [2.05, 4.69) is 120 Å². The molecule has 7 aromatic rings. The number of rotatable bonds is 3. The van der Waals surface area contributed by atoms with Crippen LogP contribution in [0.3, 0.4) is 0 Å². The first-order chi connectivity index (χ1) is 21.3. The van der Waals surface area contributed by atoms with Crippen molar-refractivity contribution in [2.24, 2.45) is 9.98 Å². The lowest BCUT2D eigenvalue weighted by Crippen LogP contribution is -2.33. The molecule has 1 atom stereocenters. The first-order valence-electron chi connectivity index (χ1n) is 14.6. The van der Waals surface area contributed by atoms with Crippen molar-refractivity contribution < 1.29 is 4.42 Å². The van der Waals surface area contributed by atoms with Crippen LogP contribution in [0.5, 0.6) is 0 Å². The number of amidine groups is 2. The van der Waals surface area contributed by atoms with Crippen molar-refractivity contribution in [3.05, 3.63) is 149 Å². The first-order valence-corrected chi connectivity index (χ1v) is 14.6. The van der Waals surface area contributed by atoms with Gasteiger partial charge < -0.3 is 15.1 Å². The quantitative estimate of drug-likeness (QED) is 0.215. The van der Waals surface area contributed by atoms with E-state index in [-0.39, 0.29) is 6.17 Å². The molecule has 1 aromatic heterocycles. The highest BCUT2D eigenvalue weighted by Gasteiger charge is 2.26. The predicted octanol–water partition coefficient (Wildman–Crippen LogP) is 8.46. The van der Waals surface area contributed by atoms with Gasteiger partial charge in [-0.05, 0) is 68.4 Å². The molecule has 5 nitrogen and oxygen atoms in total. The van der Waals surface area contributed by atoms with Gasteiger partial charge in [-0.25, -0.2) is 9.98 Å². The van der Waals surface area contributed by atoms with Crippen LogP contribution < -0.4 is 10.6 Å². The Morgan fingerprint density at radius 3 is 2.37 bits per heavy atom. The number of benzene rings is 6. The zero-order valence-electron chi connectivity index (χ0n) is 23.2. The molecule has 204 valence electrons. The smallest absolute Gasteiger partial charge is 0.160 e. The van der Waals surface area contributed by atoms with E-state index < -0.39 is 0 Å². The zero-order chi connectivity index (χ0) is 28.3. The predicted molar refractivity (Wildman–Crippen MR) is 176 cm³/mol. The second-order valence-corrected chi connectivity index (χ2v) is 11.1. The van der Waals surface area contributed by atoms with Gasteiger partial charge in [-0.3, -0.25) is 0 Å². The van der Waals surface area contributed by atoms with E-state index in [0.29, 0.717) is 12.4 Å². The highest BCUT2D eigenvalue weighted by atomic mass is 16.3. The molecule has 2 aliphatic heterocycles. The van der Waals surface area contributed by atoms with Crippen molar-refractivity contribution in [1.29, 1.82) is 0 Å². The number of nitrogens with zero attached hydrogens (tertiary/aromatic N) is 2. The number of hydrogen-bond acceptors (Lipinski definition) is 5. The van der Waals surface area contributed by atoms with Crippen LogP contribution in [0.2, 0.25) is 0 Å². The highest BCUT2D eigenvalue weighted by molar-refractivity contribution is 6.23. The fourth-order valence-corrected chi connectivity index (χ4v) is 6.51. The molecule has 6 aromatic carbocycles. The lowest BCUT2D eigenvalue weighted by Gasteiger charge is -2.25. The number of hydrogen-bond donors (Lipinski definition) is 2. The summed E-state index contributed by atoms with van der Waals surface area (Å²) in [4.78, 5) is 10.6. The molecule has 0 amide bonds. The van der Waals surface area contributed by atoms with Gasteiger partial charge in [0.05, 0.1) is 6.54 Å². The van der Waals surface area contributed by atoms with Gasteiger partial charge in [-0.1, -0.05) is 97.1 Å². The number of furan rings is 1. The summed E-state index contributed by atoms with van der Waals surface area (Å²) in [5.74, 6) is 2.42. The molecule has 1 unspecified atom stereocenters. The van der Waals surface area contributed by atoms with E-state index in [4.69, 9.17) is 14.4 Å². The van der Waals surface area contributed by atoms with Crippen LogP contribution >= 0.6 is 0 Å². The molecule has 9 rings (SSSR count). The summed E-state index contributed by atoms with van der Waals surface area (Å²) >= 11 is 0. The maximum atomic E-state index is 6.27. The summed E-state index contributed by atoms with van der Waals surface area (Å²) in [6.45, 7) is 0.662. The van der Waals surface area contributed by atoms with Gasteiger partial charge in [0, 0.05) is 22.1 Å². The summed E-state index contributed by atoms with van der Waals surface area (Å²) in [6, 6.07) is 40.5. The van der Waals surface area contributed by atoms with E-state index in [1.54, 1.807) is 0 Å².